The van der Waals surface area contributed by atoms with Crippen LogP contribution < -0.4 is 10.5 Å². The standard InChI is InChI=1S/C14H14N4O/c1-19-12-3-2-10-6-11(8-18-5-4-16-9-18)14(15)17-13(10)7-12/h2-7,9H,8H2,1H3,(H2,15,17). The summed E-state index contributed by atoms with van der Waals surface area (Å²) in [5.41, 5.74) is 7.83. The molecule has 0 unspecified atom stereocenters. The molecule has 0 saturated carbocycles. The number of ether oxygens (including phenoxy) is 1. The normalized spacial score (nSPS) is 10.8. The van der Waals surface area contributed by atoms with Gasteiger partial charge in [0.1, 0.15) is 11.6 Å². The second-order valence-corrected chi connectivity index (χ2v) is 4.33. The van der Waals surface area contributed by atoms with Crippen LogP contribution >= 0.6 is 0 Å². The minimum Gasteiger partial charge on any atom is -0.497 e. The molecule has 3 aromatic rings. The van der Waals surface area contributed by atoms with Crippen LogP contribution in [0.1, 0.15) is 5.56 Å². The largest absolute Gasteiger partial charge is 0.497 e. The molecule has 0 atom stereocenters. The molecular weight excluding hydrogens is 240 g/mol. The summed E-state index contributed by atoms with van der Waals surface area (Å²) in [7, 11) is 1.64. The zero-order chi connectivity index (χ0) is 13.2. The summed E-state index contributed by atoms with van der Waals surface area (Å²) >= 11 is 0. The Morgan fingerprint density at radius 3 is 2.95 bits per heavy atom. The molecule has 3 rings (SSSR count). The lowest BCUT2D eigenvalue weighted by Gasteiger charge is -2.08. The topological polar surface area (TPSA) is 66.0 Å². The molecule has 0 amide bonds. The summed E-state index contributed by atoms with van der Waals surface area (Å²) in [5, 5.41) is 1.05. The van der Waals surface area contributed by atoms with E-state index >= 15 is 0 Å². The van der Waals surface area contributed by atoms with E-state index in [1.54, 1.807) is 19.6 Å². The lowest BCUT2D eigenvalue weighted by atomic mass is 10.1. The van der Waals surface area contributed by atoms with E-state index in [0.29, 0.717) is 12.4 Å². The first-order valence-corrected chi connectivity index (χ1v) is 5.95. The second kappa shape index (κ2) is 4.61. The van der Waals surface area contributed by atoms with E-state index in [-0.39, 0.29) is 0 Å². The van der Waals surface area contributed by atoms with Crippen LogP contribution in [0.4, 0.5) is 5.82 Å². The Bertz CT molecular complexity index is 707. The fourth-order valence-electron chi connectivity index (χ4n) is 2.04. The first-order chi connectivity index (χ1) is 9.26. The average molecular weight is 254 g/mol. The van der Waals surface area contributed by atoms with Gasteiger partial charge in [-0.3, -0.25) is 0 Å². The van der Waals surface area contributed by atoms with Crippen molar-refractivity contribution in [3.8, 4) is 5.75 Å². The quantitative estimate of drug-likeness (QED) is 0.777. The molecule has 5 heteroatoms. The number of fused-ring (bicyclic) bond motifs is 1. The van der Waals surface area contributed by atoms with Crippen molar-refractivity contribution in [3.63, 3.8) is 0 Å². The molecule has 0 spiro atoms. The number of pyridine rings is 1. The van der Waals surface area contributed by atoms with Crippen molar-refractivity contribution in [2.45, 2.75) is 6.54 Å². The number of hydrogen-bond donors (Lipinski definition) is 1. The highest BCUT2D eigenvalue weighted by molar-refractivity contribution is 5.82. The molecule has 1 aromatic carbocycles. The van der Waals surface area contributed by atoms with Crippen LogP contribution in [-0.4, -0.2) is 21.6 Å². The van der Waals surface area contributed by atoms with Crippen LogP contribution in [-0.2, 0) is 6.54 Å². The molecule has 2 aromatic heterocycles. The third-order valence-electron chi connectivity index (χ3n) is 3.05. The maximum absolute atomic E-state index is 6.01. The van der Waals surface area contributed by atoms with E-state index < -0.39 is 0 Å². The molecule has 19 heavy (non-hydrogen) atoms. The van der Waals surface area contributed by atoms with Crippen molar-refractivity contribution in [1.29, 1.82) is 0 Å². The van der Waals surface area contributed by atoms with Gasteiger partial charge in [-0.05, 0) is 18.2 Å². The van der Waals surface area contributed by atoms with Gasteiger partial charge in [-0.25, -0.2) is 9.97 Å². The van der Waals surface area contributed by atoms with Gasteiger partial charge in [0.05, 0.1) is 25.5 Å². The van der Waals surface area contributed by atoms with Crippen molar-refractivity contribution >= 4 is 16.7 Å². The molecule has 5 nitrogen and oxygen atoms in total. The van der Waals surface area contributed by atoms with E-state index in [0.717, 1.165) is 22.2 Å². The number of benzene rings is 1. The number of hydrogen-bond acceptors (Lipinski definition) is 4. The Hall–Kier alpha value is -2.56. The van der Waals surface area contributed by atoms with E-state index in [1.165, 1.54) is 0 Å². The number of imidazole rings is 1. The van der Waals surface area contributed by atoms with Crippen LogP contribution in [0.25, 0.3) is 10.9 Å². The van der Waals surface area contributed by atoms with Crippen LogP contribution in [0.15, 0.2) is 43.0 Å². The fourth-order valence-corrected chi connectivity index (χ4v) is 2.04. The zero-order valence-corrected chi connectivity index (χ0v) is 10.6. The third kappa shape index (κ3) is 2.22. The highest BCUT2D eigenvalue weighted by Gasteiger charge is 2.06. The molecule has 0 aliphatic rings. The molecule has 0 radical (unpaired) electrons. The molecule has 0 saturated heterocycles. The summed E-state index contributed by atoms with van der Waals surface area (Å²) < 4.78 is 7.15. The number of methoxy groups -OCH3 is 1. The van der Waals surface area contributed by atoms with E-state index in [1.807, 2.05) is 29.0 Å². The number of nitrogens with zero attached hydrogens (tertiary/aromatic N) is 3. The zero-order valence-electron chi connectivity index (χ0n) is 10.6. The molecular formula is C14H14N4O. The van der Waals surface area contributed by atoms with Gasteiger partial charge in [0.25, 0.3) is 0 Å². The summed E-state index contributed by atoms with van der Waals surface area (Å²) in [5.74, 6) is 1.32. The van der Waals surface area contributed by atoms with Gasteiger partial charge in [-0.2, -0.15) is 0 Å². The molecule has 96 valence electrons. The Morgan fingerprint density at radius 2 is 2.21 bits per heavy atom. The van der Waals surface area contributed by atoms with Crippen LogP contribution in [0.2, 0.25) is 0 Å². The van der Waals surface area contributed by atoms with Gasteiger partial charge in [0, 0.05) is 29.4 Å². The predicted molar refractivity (Wildman–Crippen MR) is 74.0 cm³/mol. The summed E-state index contributed by atoms with van der Waals surface area (Å²) in [4.78, 5) is 8.45. The SMILES string of the molecule is COc1ccc2cc(Cn3ccnc3)c(N)nc2c1. The van der Waals surface area contributed by atoms with Gasteiger partial charge < -0.3 is 15.0 Å². The number of aromatic nitrogens is 3. The molecule has 2 N–H and O–H groups in total. The van der Waals surface area contributed by atoms with E-state index in [2.05, 4.69) is 16.0 Å². The number of nitrogen functional groups attached to an aromatic ring is 1. The Labute approximate surface area is 110 Å². The van der Waals surface area contributed by atoms with Gasteiger partial charge >= 0.3 is 0 Å². The lowest BCUT2D eigenvalue weighted by Crippen LogP contribution is -2.03. The Balaban J connectivity index is 2.04. The van der Waals surface area contributed by atoms with Crippen molar-refractivity contribution in [1.82, 2.24) is 14.5 Å². The highest BCUT2D eigenvalue weighted by Crippen LogP contribution is 2.23. The van der Waals surface area contributed by atoms with Gasteiger partial charge in [0.2, 0.25) is 0 Å². The van der Waals surface area contributed by atoms with Gasteiger partial charge in [-0.1, -0.05) is 0 Å². The molecule has 0 aliphatic heterocycles. The first kappa shape index (κ1) is 11.5. The lowest BCUT2D eigenvalue weighted by molar-refractivity contribution is 0.415. The third-order valence-corrected chi connectivity index (χ3v) is 3.05. The van der Waals surface area contributed by atoms with E-state index in [4.69, 9.17) is 10.5 Å². The number of rotatable bonds is 3. The number of anilines is 1. The Morgan fingerprint density at radius 1 is 1.32 bits per heavy atom. The average Bonchev–Trinajstić information content (AvgIpc) is 2.92. The minimum absolute atomic E-state index is 0.537. The van der Waals surface area contributed by atoms with E-state index in [9.17, 15) is 0 Å². The monoisotopic (exact) mass is 254 g/mol. The van der Waals surface area contributed by atoms with Crippen molar-refractivity contribution in [2.75, 3.05) is 12.8 Å². The van der Waals surface area contributed by atoms with Gasteiger partial charge in [-0.15, -0.1) is 0 Å². The maximum Gasteiger partial charge on any atom is 0.129 e. The summed E-state index contributed by atoms with van der Waals surface area (Å²) in [6.45, 7) is 0.667. The highest BCUT2D eigenvalue weighted by atomic mass is 16.5. The van der Waals surface area contributed by atoms with Crippen molar-refractivity contribution in [2.24, 2.45) is 0 Å². The second-order valence-electron chi connectivity index (χ2n) is 4.33. The number of nitrogens with two attached hydrogens (primary N) is 1. The smallest absolute Gasteiger partial charge is 0.129 e. The molecule has 0 fully saturated rings. The first-order valence-electron chi connectivity index (χ1n) is 5.95. The molecule has 2 heterocycles. The van der Waals surface area contributed by atoms with Crippen LogP contribution in [0.3, 0.4) is 0 Å². The maximum atomic E-state index is 6.01. The van der Waals surface area contributed by atoms with Crippen LogP contribution in [0, 0.1) is 0 Å². The predicted octanol–water partition coefficient (Wildman–Crippen LogP) is 2.07. The van der Waals surface area contributed by atoms with Crippen molar-refractivity contribution in [3.05, 3.63) is 48.5 Å². The summed E-state index contributed by atoms with van der Waals surface area (Å²) in [6, 6.07) is 7.84. The fraction of sp³-hybridized carbons (Fsp3) is 0.143. The summed E-state index contributed by atoms with van der Waals surface area (Å²) in [6.07, 6.45) is 5.41. The minimum atomic E-state index is 0.537. The van der Waals surface area contributed by atoms with Crippen LogP contribution in [0.5, 0.6) is 5.75 Å². The van der Waals surface area contributed by atoms with Crippen molar-refractivity contribution < 1.29 is 4.74 Å². The Kier molecular flexibility index (Phi) is 2.79. The van der Waals surface area contributed by atoms with Gasteiger partial charge in [0.15, 0.2) is 0 Å². The molecule has 0 bridgehead atoms. The molecule has 0 aliphatic carbocycles.